The normalized spacial score (nSPS) is 12.6. The molecule has 0 aliphatic heterocycles. The van der Waals surface area contributed by atoms with Crippen LogP contribution >= 0.6 is 12.6 Å². The third-order valence-corrected chi connectivity index (χ3v) is 1.78. The molecule has 0 saturated carbocycles. The minimum absolute atomic E-state index is 0.119. The average Bonchev–Trinajstić information content (AvgIpc) is 2.11. The van der Waals surface area contributed by atoms with Gasteiger partial charge in [-0.05, 0) is 25.1 Å². The van der Waals surface area contributed by atoms with Gasteiger partial charge in [-0.25, -0.2) is 4.39 Å². The van der Waals surface area contributed by atoms with Crippen molar-refractivity contribution in [3.63, 3.8) is 0 Å². The zero-order valence-electron chi connectivity index (χ0n) is 7.20. The van der Waals surface area contributed by atoms with Gasteiger partial charge >= 0.3 is 0 Å². The molecule has 1 rings (SSSR count). The summed E-state index contributed by atoms with van der Waals surface area (Å²) in [6.45, 7) is 1.51. The van der Waals surface area contributed by atoms with Gasteiger partial charge in [-0.15, -0.1) is 12.6 Å². The molecule has 0 radical (unpaired) electrons. The van der Waals surface area contributed by atoms with Crippen LogP contribution in [0.25, 0.3) is 0 Å². The minimum atomic E-state index is -0.446. The van der Waals surface area contributed by atoms with E-state index in [0.717, 1.165) is 0 Å². The molecule has 0 aliphatic rings. The molecule has 2 nitrogen and oxygen atoms in total. The lowest BCUT2D eigenvalue weighted by Crippen LogP contribution is -2.16. The molecule has 4 heteroatoms. The Balaban J connectivity index is 2.81. The van der Waals surface area contributed by atoms with Crippen LogP contribution in [0.15, 0.2) is 23.1 Å². The Labute approximate surface area is 81.8 Å². The summed E-state index contributed by atoms with van der Waals surface area (Å²) in [7, 11) is 0. The van der Waals surface area contributed by atoms with Crippen LogP contribution in [-0.2, 0) is 0 Å². The molecule has 1 aromatic rings. The molecule has 0 amide bonds. The SMILES string of the molecule is CC(CO)Oc1cc(S)ccc1F. The maximum absolute atomic E-state index is 13.0. The number of ether oxygens (including phenoxy) is 1. The molecule has 0 aromatic heterocycles. The second-order valence-corrected chi connectivity index (χ2v) is 3.24. The van der Waals surface area contributed by atoms with Gasteiger partial charge in [0.15, 0.2) is 11.6 Å². The zero-order chi connectivity index (χ0) is 9.84. The van der Waals surface area contributed by atoms with E-state index < -0.39 is 11.9 Å². The van der Waals surface area contributed by atoms with E-state index >= 15 is 0 Å². The number of aliphatic hydroxyl groups is 1. The Hall–Kier alpha value is -0.740. The minimum Gasteiger partial charge on any atom is -0.485 e. The molecule has 1 aromatic carbocycles. The molecule has 1 atom stereocenters. The van der Waals surface area contributed by atoms with Gasteiger partial charge in [0.25, 0.3) is 0 Å². The second kappa shape index (κ2) is 4.48. The van der Waals surface area contributed by atoms with E-state index in [-0.39, 0.29) is 12.4 Å². The molecule has 0 bridgehead atoms. The fraction of sp³-hybridized carbons (Fsp3) is 0.333. The summed E-state index contributed by atoms with van der Waals surface area (Å²) in [5.74, 6) is -0.327. The highest BCUT2D eigenvalue weighted by Crippen LogP contribution is 2.21. The molecular formula is C9H11FO2S. The largest absolute Gasteiger partial charge is 0.485 e. The highest BCUT2D eigenvalue weighted by atomic mass is 32.1. The Morgan fingerprint density at radius 3 is 2.92 bits per heavy atom. The van der Waals surface area contributed by atoms with Crippen molar-refractivity contribution in [2.75, 3.05) is 6.61 Å². The number of halogens is 1. The summed E-state index contributed by atoms with van der Waals surface area (Å²) >= 11 is 4.04. The van der Waals surface area contributed by atoms with Gasteiger partial charge in [0.05, 0.1) is 6.61 Å². The fourth-order valence-electron chi connectivity index (χ4n) is 0.836. The van der Waals surface area contributed by atoms with Gasteiger partial charge in [-0.2, -0.15) is 0 Å². The predicted octanol–water partition coefficient (Wildman–Crippen LogP) is 1.87. The third kappa shape index (κ3) is 2.90. The maximum atomic E-state index is 13.0. The number of aliphatic hydroxyl groups excluding tert-OH is 1. The van der Waals surface area contributed by atoms with E-state index in [9.17, 15) is 4.39 Å². The topological polar surface area (TPSA) is 29.5 Å². The van der Waals surface area contributed by atoms with Crippen molar-refractivity contribution in [3.05, 3.63) is 24.0 Å². The van der Waals surface area contributed by atoms with Crippen molar-refractivity contribution in [2.45, 2.75) is 17.9 Å². The van der Waals surface area contributed by atoms with Crippen molar-refractivity contribution in [3.8, 4) is 5.75 Å². The molecule has 1 N–H and O–H groups in total. The first-order chi connectivity index (χ1) is 6.13. The molecule has 72 valence electrons. The summed E-state index contributed by atoms with van der Waals surface area (Å²) < 4.78 is 18.1. The Morgan fingerprint density at radius 1 is 1.62 bits per heavy atom. The Morgan fingerprint density at radius 2 is 2.31 bits per heavy atom. The molecule has 13 heavy (non-hydrogen) atoms. The van der Waals surface area contributed by atoms with Crippen LogP contribution in [0.5, 0.6) is 5.75 Å². The molecule has 0 saturated heterocycles. The number of hydrogen-bond donors (Lipinski definition) is 2. The highest BCUT2D eigenvalue weighted by molar-refractivity contribution is 7.80. The summed E-state index contributed by atoms with van der Waals surface area (Å²) in [6.07, 6.45) is -0.412. The van der Waals surface area contributed by atoms with E-state index in [4.69, 9.17) is 9.84 Å². The summed E-state index contributed by atoms with van der Waals surface area (Å²) in [6, 6.07) is 4.29. The van der Waals surface area contributed by atoms with Crippen molar-refractivity contribution in [1.82, 2.24) is 0 Å². The van der Waals surface area contributed by atoms with Crippen LogP contribution in [-0.4, -0.2) is 17.8 Å². The lowest BCUT2D eigenvalue weighted by atomic mass is 10.3. The predicted molar refractivity (Wildman–Crippen MR) is 50.8 cm³/mol. The van der Waals surface area contributed by atoms with Crippen LogP contribution in [0.1, 0.15) is 6.92 Å². The van der Waals surface area contributed by atoms with E-state index in [2.05, 4.69) is 12.6 Å². The van der Waals surface area contributed by atoms with Crippen molar-refractivity contribution in [2.24, 2.45) is 0 Å². The third-order valence-electron chi connectivity index (χ3n) is 1.50. The van der Waals surface area contributed by atoms with Gasteiger partial charge in [0.1, 0.15) is 6.10 Å². The van der Waals surface area contributed by atoms with Gasteiger partial charge in [-0.3, -0.25) is 0 Å². The van der Waals surface area contributed by atoms with Crippen molar-refractivity contribution < 1.29 is 14.2 Å². The van der Waals surface area contributed by atoms with Crippen LogP contribution in [0.4, 0.5) is 4.39 Å². The van der Waals surface area contributed by atoms with Crippen LogP contribution in [0, 0.1) is 5.82 Å². The second-order valence-electron chi connectivity index (χ2n) is 2.73. The molecule has 0 heterocycles. The quantitative estimate of drug-likeness (QED) is 0.733. The van der Waals surface area contributed by atoms with Crippen LogP contribution in [0.3, 0.4) is 0 Å². The number of benzene rings is 1. The van der Waals surface area contributed by atoms with E-state index in [1.165, 1.54) is 18.2 Å². The van der Waals surface area contributed by atoms with Crippen LogP contribution < -0.4 is 4.74 Å². The summed E-state index contributed by atoms with van der Waals surface area (Å²) in [5, 5.41) is 8.69. The van der Waals surface area contributed by atoms with E-state index in [1.54, 1.807) is 6.92 Å². The first-order valence-electron chi connectivity index (χ1n) is 3.89. The molecule has 0 fully saturated rings. The molecule has 0 spiro atoms. The lowest BCUT2D eigenvalue weighted by Gasteiger charge is -2.12. The van der Waals surface area contributed by atoms with E-state index in [0.29, 0.717) is 4.90 Å². The van der Waals surface area contributed by atoms with E-state index in [1.807, 2.05) is 0 Å². The number of rotatable bonds is 3. The zero-order valence-corrected chi connectivity index (χ0v) is 8.09. The smallest absolute Gasteiger partial charge is 0.165 e. The standard InChI is InChI=1S/C9H11FO2S/c1-6(5-11)12-9-4-7(13)2-3-8(9)10/h2-4,6,11,13H,5H2,1H3. The van der Waals surface area contributed by atoms with Gasteiger partial charge in [0.2, 0.25) is 0 Å². The first kappa shape index (κ1) is 10.3. The Kier molecular flexibility index (Phi) is 3.57. The molecule has 1 unspecified atom stereocenters. The van der Waals surface area contributed by atoms with Crippen LogP contribution in [0.2, 0.25) is 0 Å². The number of thiol groups is 1. The van der Waals surface area contributed by atoms with Gasteiger partial charge in [-0.1, -0.05) is 0 Å². The molecular weight excluding hydrogens is 191 g/mol. The maximum Gasteiger partial charge on any atom is 0.165 e. The van der Waals surface area contributed by atoms with Gasteiger partial charge < -0.3 is 9.84 Å². The summed E-state index contributed by atoms with van der Waals surface area (Å²) in [5.41, 5.74) is 0. The van der Waals surface area contributed by atoms with Gasteiger partial charge in [0, 0.05) is 4.90 Å². The monoisotopic (exact) mass is 202 g/mol. The first-order valence-corrected chi connectivity index (χ1v) is 4.34. The van der Waals surface area contributed by atoms with Crippen molar-refractivity contribution in [1.29, 1.82) is 0 Å². The summed E-state index contributed by atoms with van der Waals surface area (Å²) in [4.78, 5) is 0.626. The fourth-order valence-corrected chi connectivity index (χ4v) is 1.03. The lowest BCUT2D eigenvalue weighted by molar-refractivity contribution is 0.125. The van der Waals surface area contributed by atoms with Crippen molar-refractivity contribution >= 4 is 12.6 Å². The Bertz CT molecular complexity index is 291. The number of hydrogen-bond acceptors (Lipinski definition) is 3. The average molecular weight is 202 g/mol. The molecule has 0 aliphatic carbocycles. The highest BCUT2D eigenvalue weighted by Gasteiger charge is 2.07.